The van der Waals surface area contributed by atoms with Crippen LogP contribution in [0.4, 0.5) is 17.2 Å². The van der Waals surface area contributed by atoms with Crippen LogP contribution in [-0.2, 0) is 0 Å². The second-order valence-corrected chi connectivity index (χ2v) is 5.51. The molecule has 7 nitrogen and oxygen atoms in total. The van der Waals surface area contributed by atoms with Gasteiger partial charge in [-0.2, -0.15) is 0 Å². The van der Waals surface area contributed by atoms with Gasteiger partial charge in [-0.3, -0.25) is 15.1 Å². The number of nitro groups is 1. The molecule has 1 N–H and O–H groups in total. The minimum Gasteiger partial charge on any atom is -0.334 e. The molecule has 0 bridgehead atoms. The molecule has 2 aromatic heterocycles. The lowest BCUT2D eigenvalue weighted by molar-refractivity contribution is -0.383. The van der Waals surface area contributed by atoms with E-state index in [1.54, 1.807) is 24.5 Å². The highest BCUT2D eigenvalue weighted by Crippen LogP contribution is 2.31. The standard InChI is InChI=1S/C15H9Cl2N5O2/c16-10-3-4-12(22(23)24)11(6-10)19-14-7-13(17)20-15(21-14)9-2-1-5-18-8-9/h1-8H,(H,19,20,21). The van der Waals surface area contributed by atoms with Crippen LogP contribution in [-0.4, -0.2) is 19.9 Å². The van der Waals surface area contributed by atoms with E-state index in [2.05, 4.69) is 20.3 Å². The summed E-state index contributed by atoms with van der Waals surface area (Å²) in [4.78, 5) is 23.1. The zero-order valence-electron chi connectivity index (χ0n) is 12.0. The molecule has 1 aromatic carbocycles. The number of hydrogen-bond acceptors (Lipinski definition) is 6. The lowest BCUT2D eigenvalue weighted by Crippen LogP contribution is -2.01. The first-order valence-electron chi connectivity index (χ1n) is 6.69. The molecule has 0 amide bonds. The number of pyridine rings is 1. The predicted molar refractivity (Wildman–Crippen MR) is 91.7 cm³/mol. The van der Waals surface area contributed by atoms with Gasteiger partial charge in [0.2, 0.25) is 0 Å². The van der Waals surface area contributed by atoms with E-state index in [4.69, 9.17) is 23.2 Å². The van der Waals surface area contributed by atoms with Crippen molar-refractivity contribution in [1.82, 2.24) is 15.0 Å². The van der Waals surface area contributed by atoms with E-state index < -0.39 is 4.92 Å². The lowest BCUT2D eigenvalue weighted by Gasteiger charge is -2.09. The van der Waals surface area contributed by atoms with Crippen LogP contribution in [0.5, 0.6) is 0 Å². The van der Waals surface area contributed by atoms with E-state index in [0.29, 0.717) is 22.2 Å². The van der Waals surface area contributed by atoms with E-state index >= 15 is 0 Å². The molecule has 0 saturated carbocycles. The fourth-order valence-corrected chi connectivity index (χ4v) is 2.37. The van der Waals surface area contributed by atoms with E-state index in [9.17, 15) is 10.1 Å². The number of halogens is 2. The van der Waals surface area contributed by atoms with Gasteiger partial charge < -0.3 is 5.32 Å². The number of nitrogens with one attached hydrogen (secondary N) is 1. The van der Waals surface area contributed by atoms with Gasteiger partial charge in [0, 0.05) is 35.1 Å². The van der Waals surface area contributed by atoms with Gasteiger partial charge in [-0.05, 0) is 24.3 Å². The predicted octanol–water partition coefficient (Wildman–Crippen LogP) is 4.50. The minimum absolute atomic E-state index is 0.128. The van der Waals surface area contributed by atoms with Gasteiger partial charge in [0.05, 0.1) is 4.92 Å². The molecule has 3 aromatic rings. The summed E-state index contributed by atoms with van der Waals surface area (Å²) in [6, 6.07) is 9.19. The highest BCUT2D eigenvalue weighted by molar-refractivity contribution is 6.31. The lowest BCUT2D eigenvalue weighted by atomic mass is 10.2. The average molecular weight is 362 g/mol. The Balaban J connectivity index is 2.01. The average Bonchev–Trinajstić information content (AvgIpc) is 2.55. The van der Waals surface area contributed by atoms with E-state index in [0.717, 1.165) is 0 Å². The fourth-order valence-electron chi connectivity index (χ4n) is 2.01. The van der Waals surface area contributed by atoms with Gasteiger partial charge in [0.25, 0.3) is 5.69 Å². The second-order valence-electron chi connectivity index (χ2n) is 4.68. The Kier molecular flexibility index (Phi) is 4.54. The van der Waals surface area contributed by atoms with Gasteiger partial charge in [0.15, 0.2) is 5.82 Å². The Bertz CT molecular complexity index is 906. The van der Waals surface area contributed by atoms with Crippen molar-refractivity contribution < 1.29 is 4.92 Å². The van der Waals surface area contributed by atoms with Gasteiger partial charge in [-0.15, -0.1) is 0 Å². The van der Waals surface area contributed by atoms with Crippen molar-refractivity contribution in [3.05, 3.63) is 69.1 Å². The van der Waals surface area contributed by atoms with Crippen LogP contribution >= 0.6 is 23.2 Å². The third kappa shape index (κ3) is 3.58. The molecular formula is C15H9Cl2N5O2. The molecule has 3 rings (SSSR count). The zero-order valence-corrected chi connectivity index (χ0v) is 13.5. The van der Waals surface area contributed by atoms with Crippen molar-refractivity contribution >= 4 is 40.4 Å². The van der Waals surface area contributed by atoms with Crippen LogP contribution in [0.3, 0.4) is 0 Å². The summed E-state index contributed by atoms with van der Waals surface area (Å²) in [5.41, 5.74) is 0.750. The first kappa shape index (κ1) is 16.1. The number of rotatable bonds is 4. The van der Waals surface area contributed by atoms with Crippen LogP contribution < -0.4 is 5.32 Å². The third-order valence-corrected chi connectivity index (χ3v) is 3.46. The van der Waals surface area contributed by atoms with Crippen molar-refractivity contribution in [2.75, 3.05) is 5.32 Å². The molecule has 0 radical (unpaired) electrons. The van der Waals surface area contributed by atoms with Crippen LogP contribution in [0.1, 0.15) is 0 Å². The van der Waals surface area contributed by atoms with Crippen molar-refractivity contribution in [3.63, 3.8) is 0 Å². The number of hydrogen-bond donors (Lipinski definition) is 1. The molecule has 0 aliphatic carbocycles. The Morgan fingerprint density at radius 3 is 2.67 bits per heavy atom. The van der Waals surface area contributed by atoms with Crippen molar-refractivity contribution in [2.45, 2.75) is 0 Å². The summed E-state index contributed by atoms with van der Waals surface area (Å²) in [7, 11) is 0. The number of benzene rings is 1. The molecule has 0 atom stereocenters. The normalized spacial score (nSPS) is 10.4. The van der Waals surface area contributed by atoms with Crippen LogP contribution in [0.25, 0.3) is 11.4 Å². The maximum atomic E-state index is 11.1. The molecule has 0 fully saturated rings. The maximum Gasteiger partial charge on any atom is 0.292 e. The molecule has 9 heteroatoms. The van der Waals surface area contributed by atoms with Gasteiger partial charge in [0.1, 0.15) is 16.7 Å². The first-order valence-corrected chi connectivity index (χ1v) is 7.44. The summed E-state index contributed by atoms with van der Waals surface area (Å²) in [5.74, 6) is 0.655. The van der Waals surface area contributed by atoms with Crippen LogP contribution in [0, 0.1) is 10.1 Å². The highest BCUT2D eigenvalue weighted by Gasteiger charge is 2.15. The summed E-state index contributed by atoms with van der Waals surface area (Å²) >= 11 is 11.9. The monoisotopic (exact) mass is 361 g/mol. The van der Waals surface area contributed by atoms with Crippen molar-refractivity contribution in [2.24, 2.45) is 0 Å². The van der Waals surface area contributed by atoms with Crippen LogP contribution in [0.15, 0.2) is 48.8 Å². The Morgan fingerprint density at radius 1 is 1.12 bits per heavy atom. The number of nitro benzene ring substituents is 1. The van der Waals surface area contributed by atoms with Gasteiger partial charge in [-0.25, -0.2) is 9.97 Å². The molecule has 0 saturated heterocycles. The summed E-state index contributed by atoms with van der Waals surface area (Å²) in [6.45, 7) is 0. The van der Waals surface area contributed by atoms with Gasteiger partial charge >= 0.3 is 0 Å². The number of anilines is 2. The molecule has 24 heavy (non-hydrogen) atoms. The highest BCUT2D eigenvalue weighted by atomic mass is 35.5. The topological polar surface area (TPSA) is 93.8 Å². The Morgan fingerprint density at radius 2 is 1.96 bits per heavy atom. The first-order chi connectivity index (χ1) is 11.5. The Hall–Kier alpha value is -2.77. The summed E-state index contributed by atoms with van der Waals surface area (Å²) < 4.78 is 0. The summed E-state index contributed by atoms with van der Waals surface area (Å²) in [5, 5.41) is 14.5. The molecule has 0 aliphatic rings. The van der Waals surface area contributed by atoms with Crippen molar-refractivity contribution in [3.8, 4) is 11.4 Å². The zero-order chi connectivity index (χ0) is 17.1. The largest absolute Gasteiger partial charge is 0.334 e. The quantitative estimate of drug-likeness (QED) is 0.417. The molecule has 0 spiro atoms. The smallest absolute Gasteiger partial charge is 0.292 e. The van der Waals surface area contributed by atoms with E-state index in [1.807, 2.05) is 0 Å². The number of nitrogens with zero attached hydrogens (tertiary/aromatic N) is 4. The maximum absolute atomic E-state index is 11.1. The molecule has 0 unspecified atom stereocenters. The van der Waals surface area contributed by atoms with Gasteiger partial charge in [-0.1, -0.05) is 23.2 Å². The van der Waals surface area contributed by atoms with E-state index in [-0.39, 0.29) is 16.5 Å². The fraction of sp³-hybridized carbons (Fsp3) is 0. The molecule has 0 aliphatic heterocycles. The Labute approximate surface area is 146 Å². The molecule has 120 valence electrons. The molecular weight excluding hydrogens is 353 g/mol. The minimum atomic E-state index is -0.510. The third-order valence-electron chi connectivity index (χ3n) is 3.03. The second kappa shape index (κ2) is 6.77. The SMILES string of the molecule is O=[N+]([O-])c1ccc(Cl)cc1Nc1cc(Cl)nc(-c2cccnc2)n1. The summed E-state index contributed by atoms with van der Waals surface area (Å²) in [6.07, 6.45) is 3.22. The number of aromatic nitrogens is 3. The van der Waals surface area contributed by atoms with Crippen LogP contribution in [0.2, 0.25) is 10.2 Å². The molecule has 2 heterocycles. The van der Waals surface area contributed by atoms with Crippen molar-refractivity contribution in [1.29, 1.82) is 0 Å². The van der Waals surface area contributed by atoms with E-state index in [1.165, 1.54) is 24.3 Å².